The first-order valence-electron chi connectivity index (χ1n) is 4.40. The molecular weight excluding hydrogens is 178 g/mol. The van der Waals surface area contributed by atoms with Crippen molar-refractivity contribution in [3.8, 4) is 0 Å². The van der Waals surface area contributed by atoms with Gasteiger partial charge in [0.2, 0.25) is 0 Å². The lowest BCUT2D eigenvalue weighted by Gasteiger charge is -2.17. The van der Waals surface area contributed by atoms with Gasteiger partial charge in [-0.05, 0) is 16.8 Å². The van der Waals surface area contributed by atoms with Crippen molar-refractivity contribution in [1.29, 1.82) is 0 Å². The van der Waals surface area contributed by atoms with E-state index in [1.165, 1.54) is 16.5 Å². The maximum Gasteiger partial charge on any atom is 0.0463 e. The van der Waals surface area contributed by atoms with Crippen molar-refractivity contribution < 1.29 is 0 Å². The van der Waals surface area contributed by atoms with Gasteiger partial charge in [0.1, 0.15) is 0 Å². The zero-order valence-electron chi connectivity index (χ0n) is 8.16. The van der Waals surface area contributed by atoms with Crippen LogP contribution >= 0.6 is 11.3 Å². The second-order valence-corrected chi connectivity index (χ2v) is 5.06. The monoisotopic (exact) mass is 191 g/mol. The van der Waals surface area contributed by atoms with E-state index in [9.17, 15) is 0 Å². The molecule has 0 aromatic carbocycles. The second-order valence-electron chi connectivity index (χ2n) is 4.32. The fourth-order valence-corrected chi connectivity index (χ4v) is 2.04. The van der Waals surface area contributed by atoms with E-state index in [1.54, 1.807) is 11.3 Å². The SMILES string of the molecule is CC(C)(C)c1cc2cscc2cn1. The number of aromatic nitrogens is 1. The second kappa shape index (κ2) is 2.81. The lowest BCUT2D eigenvalue weighted by atomic mass is 9.91. The van der Waals surface area contributed by atoms with Crippen LogP contribution in [0.5, 0.6) is 0 Å². The van der Waals surface area contributed by atoms with Gasteiger partial charge in [-0.3, -0.25) is 4.98 Å². The van der Waals surface area contributed by atoms with Crippen molar-refractivity contribution in [1.82, 2.24) is 4.98 Å². The fraction of sp³-hybridized carbons (Fsp3) is 0.364. The molecule has 2 heterocycles. The quantitative estimate of drug-likeness (QED) is 0.620. The highest BCUT2D eigenvalue weighted by Gasteiger charge is 2.15. The molecule has 2 aromatic rings. The molecule has 0 saturated carbocycles. The Labute approximate surface area is 82.4 Å². The Balaban J connectivity index is 2.61. The van der Waals surface area contributed by atoms with Gasteiger partial charge in [-0.15, -0.1) is 0 Å². The number of hydrogen-bond acceptors (Lipinski definition) is 2. The van der Waals surface area contributed by atoms with Crippen LogP contribution in [0.25, 0.3) is 10.8 Å². The summed E-state index contributed by atoms with van der Waals surface area (Å²) in [5.74, 6) is 0. The molecule has 0 unspecified atom stereocenters. The summed E-state index contributed by atoms with van der Waals surface area (Å²) in [7, 11) is 0. The standard InChI is InChI=1S/C11H13NS/c1-11(2,3)10-4-8-6-13-7-9(8)5-12-10/h4-7H,1-3H3. The highest BCUT2D eigenvalue weighted by molar-refractivity contribution is 7.09. The van der Waals surface area contributed by atoms with Gasteiger partial charge in [0.15, 0.2) is 0 Å². The van der Waals surface area contributed by atoms with Gasteiger partial charge in [-0.1, -0.05) is 20.8 Å². The third-order valence-electron chi connectivity index (χ3n) is 2.13. The number of rotatable bonds is 0. The minimum absolute atomic E-state index is 0.149. The van der Waals surface area contributed by atoms with E-state index < -0.39 is 0 Å². The Morgan fingerprint density at radius 3 is 2.54 bits per heavy atom. The van der Waals surface area contributed by atoms with Crippen LogP contribution in [0, 0.1) is 0 Å². The minimum atomic E-state index is 0.149. The molecule has 0 radical (unpaired) electrons. The fourth-order valence-electron chi connectivity index (χ4n) is 1.27. The number of fused-ring (bicyclic) bond motifs is 1. The van der Waals surface area contributed by atoms with Crippen LogP contribution in [0.3, 0.4) is 0 Å². The summed E-state index contributed by atoms with van der Waals surface area (Å²) in [5, 5.41) is 6.86. The van der Waals surface area contributed by atoms with Crippen molar-refractivity contribution in [3.63, 3.8) is 0 Å². The lowest BCUT2D eigenvalue weighted by molar-refractivity contribution is 0.570. The number of hydrogen-bond donors (Lipinski definition) is 0. The van der Waals surface area contributed by atoms with Crippen LogP contribution in [0.2, 0.25) is 0 Å². The summed E-state index contributed by atoms with van der Waals surface area (Å²) >= 11 is 1.73. The van der Waals surface area contributed by atoms with Gasteiger partial charge in [-0.25, -0.2) is 0 Å². The van der Waals surface area contributed by atoms with Gasteiger partial charge in [-0.2, -0.15) is 11.3 Å². The molecule has 0 spiro atoms. The molecule has 0 bridgehead atoms. The first-order valence-corrected chi connectivity index (χ1v) is 5.34. The maximum atomic E-state index is 4.46. The Bertz CT molecular complexity index is 423. The molecule has 0 aliphatic heterocycles. The lowest BCUT2D eigenvalue weighted by Crippen LogP contribution is -2.12. The van der Waals surface area contributed by atoms with Crippen LogP contribution in [-0.2, 0) is 5.41 Å². The van der Waals surface area contributed by atoms with Crippen LogP contribution in [-0.4, -0.2) is 4.98 Å². The Kier molecular flexibility index (Phi) is 1.88. The average molecular weight is 191 g/mol. The number of pyridine rings is 1. The summed E-state index contributed by atoms with van der Waals surface area (Å²) in [5.41, 5.74) is 1.31. The summed E-state index contributed by atoms with van der Waals surface area (Å²) in [6.07, 6.45) is 1.96. The average Bonchev–Trinajstić information content (AvgIpc) is 2.47. The third kappa shape index (κ3) is 1.59. The summed E-state index contributed by atoms with van der Waals surface area (Å²) in [4.78, 5) is 4.46. The smallest absolute Gasteiger partial charge is 0.0463 e. The molecule has 0 saturated heterocycles. The molecule has 68 valence electrons. The van der Waals surface area contributed by atoms with Crippen LogP contribution in [0.1, 0.15) is 26.5 Å². The summed E-state index contributed by atoms with van der Waals surface area (Å²) < 4.78 is 0. The zero-order valence-corrected chi connectivity index (χ0v) is 8.98. The Hall–Kier alpha value is -0.890. The molecule has 0 N–H and O–H groups in total. The van der Waals surface area contributed by atoms with Crippen molar-refractivity contribution in [2.24, 2.45) is 0 Å². The van der Waals surface area contributed by atoms with E-state index in [2.05, 4.69) is 42.6 Å². The Morgan fingerprint density at radius 2 is 1.85 bits per heavy atom. The molecule has 2 heteroatoms. The highest BCUT2D eigenvalue weighted by atomic mass is 32.1. The van der Waals surface area contributed by atoms with Gasteiger partial charge < -0.3 is 0 Å². The van der Waals surface area contributed by atoms with Gasteiger partial charge >= 0.3 is 0 Å². The Morgan fingerprint density at radius 1 is 1.15 bits per heavy atom. The molecule has 0 amide bonds. The first kappa shape index (κ1) is 8.70. The molecule has 0 aliphatic rings. The highest BCUT2D eigenvalue weighted by Crippen LogP contribution is 2.25. The summed E-state index contributed by atoms with van der Waals surface area (Å²) in [6.45, 7) is 6.56. The van der Waals surface area contributed by atoms with E-state index in [0.717, 1.165) is 0 Å². The van der Waals surface area contributed by atoms with Crippen LogP contribution in [0.4, 0.5) is 0 Å². The largest absolute Gasteiger partial charge is 0.260 e. The maximum absolute atomic E-state index is 4.46. The van der Waals surface area contributed by atoms with Gasteiger partial charge in [0.05, 0.1) is 0 Å². The molecule has 13 heavy (non-hydrogen) atoms. The molecule has 2 rings (SSSR count). The van der Waals surface area contributed by atoms with Crippen LogP contribution < -0.4 is 0 Å². The van der Waals surface area contributed by atoms with Crippen molar-refractivity contribution in [2.45, 2.75) is 26.2 Å². The van der Waals surface area contributed by atoms with Gasteiger partial charge in [0.25, 0.3) is 0 Å². The van der Waals surface area contributed by atoms with E-state index >= 15 is 0 Å². The van der Waals surface area contributed by atoms with E-state index in [1.807, 2.05) is 6.20 Å². The van der Waals surface area contributed by atoms with E-state index in [-0.39, 0.29) is 5.41 Å². The predicted molar refractivity (Wildman–Crippen MR) is 58.3 cm³/mol. The molecule has 0 aliphatic carbocycles. The summed E-state index contributed by atoms with van der Waals surface area (Å²) in [6, 6.07) is 2.19. The third-order valence-corrected chi connectivity index (χ3v) is 2.91. The molecular formula is C11H13NS. The molecule has 0 fully saturated rings. The number of thiophene rings is 1. The molecule has 2 aromatic heterocycles. The van der Waals surface area contributed by atoms with Crippen molar-refractivity contribution in [2.75, 3.05) is 0 Å². The topological polar surface area (TPSA) is 12.9 Å². The molecule has 0 atom stereocenters. The van der Waals surface area contributed by atoms with Gasteiger partial charge in [0, 0.05) is 28.1 Å². The minimum Gasteiger partial charge on any atom is -0.260 e. The van der Waals surface area contributed by atoms with Crippen molar-refractivity contribution >= 4 is 22.1 Å². The predicted octanol–water partition coefficient (Wildman–Crippen LogP) is 3.59. The normalized spacial score (nSPS) is 12.2. The van der Waals surface area contributed by atoms with Crippen molar-refractivity contribution in [3.05, 3.63) is 28.7 Å². The van der Waals surface area contributed by atoms with Crippen LogP contribution in [0.15, 0.2) is 23.0 Å². The zero-order chi connectivity index (χ0) is 9.47. The van der Waals surface area contributed by atoms with E-state index in [4.69, 9.17) is 0 Å². The first-order chi connectivity index (χ1) is 6.07. The van der Waals surface area contributed by atoms with E-state index in [0.29, 0.717) is 0 Å². The molecule has 1 nitrogen and oxygen atoms in total. The number of nitrogens with zero attached hydrogens (tertiary/aromatic N) is 1.